The van der Waals surface area contributed by atoms with Crippen LogP contribution in [0.25, 0.3) is 0 Å². The number of benzene rings is 1. The molecule has 1 fully saturated rings. The average molecular weight is 361 g/mol. The third-order valence-corrected chi connectivity index (χ3v) is 4.69. The molecule has 1 heterocycles. The summed E-state index contributed by atoms with van der Waals surface area (Å²) in [5, 5.41) is 14.2. The zero-order valence-corrected chi connectivity index (χ0v) is 15.2. The van der Waals surface area contributed by atoms with Gasteiger partial charge in [0.2, 0.25) is 5.91 Å². The zero-order chi connectivity index (χ0) is 16.1. The number of halogens is 2. The van der Waals surface area contributed by atoms with Gasteiger partial charge in [-0.1, -0.05) is 30.7 Å². The van der Waals surface area contributed by atoms with E-state index in [0.29, 0.717) is 11.6 Å². The number of carbonyl (C=O) groups is 1. The molecule has 4 nitrogen and oxygen atoms in total. The van der Waals surface area contributed by atoms with Crippen LogP contribution in [0.5, 0.6) is 0 Å². The van der Waals surface area contributed by atoms with E-state index in [9.17, 15) is 9.90 Å². The molecule has 6 heteroatoms. The Kier molecular flexibility index (Phi) is 8.34. The Hall–Kier alpha value is -0.810. The lowest BCUT2D eigenvalue weighted by Gasteiger charge is -2.35. The largest absolute Gasteiger partial charge is 0.388 e. The van der Waals surface area contributed by atoms with Gasteiger partial charge in [-0.2, -0.15) is 0 Å². The molecule has 0 bridgehead atoms. The number of nitrogens with zero attached hydrogens (tertiary/aromatic N) is 1. The van der Waals surface area contributed by atoms with Gasteiger partial charge in [-0.25, -0.2) is 0 Å². The predicted molar refractivity (Wildman–Crippen MR) is 96.1 cm³/mol. The molecule has 2 atom stereocenters. The fourth-order valence-corrected chi connectivity index (χ4v) is 3.20. The van der Waals surface area contributed by atoms with Crippen LogP contribution in [0.3, 0.4) is 0 Å². The Morgan fingerprint density at radius 3 is 2.43 bits per heavy atom. The molecule has 1 amide bonds. The first-order valence-corrected chi connectivity index (χ1v) is 8.27. The van der Waals surface area contributed by atoms with Gasteiger partial charge in [0.05, 0.1) is 6.10 Å². The first-order chi connectivity index (χ1) is 10.5. The molecular formula is C17H26Cl2N2O2. The number of hydrogen-bond acceptors (Lipinski definition) is 3. The van der Waals surface area contributed by atoms with Crippen LogP contribution in [-0.2, 0) is 4.79 Å². The highest BCUT2D eigenvalue weighted by atomic mass is 35.5. The topological polar surface area (TPSA) is 52.6 Å². The molecule has 23 heavy (non-hydrogen) atoms. The number of carbonyl (C=O) groups excluding carboxylic acids is 1. The van der Waals surface area contributed by atoms with E-state index in [1.807, 2.05) is 31.0 Å². The number of likely N-dealkylation sites (tertiary alicyclic amines) is 1. The van der Waals surface area contributed by atoms with Crippen LogP contribution in [0.15, 0.2) is 24.3 Å². The Morgan fingerprint density at radius 1 is 1.35 bits per heavy atom. The van der Waals surface area contributed by atoms with Gasteiger partial charge < -0.3 is 15.3 Å². The number of piperidine rings is 1. The van der Waals surface area contributed by atoms with E-state index in [1.165, 1.54) is 0 Å². The van der Waals surface area contributed by atoms with Gasteiger partial charge in [-0.05, 0) is 43.5 Å². The molecule has 2 unspecified atom stereocenters. The number of amides is 1. The van der Waals surface area contributed by atoms with E-state index in [1.54, 1.807) is 12.1 Å². The molecular weight excluding hydrogens is 335 g/mol. The third-order valence-electron chi connectivity index (χ3n) is 4.44. The lowest BCUT2D eigenvalue weighted by Crippen LogP contribution is -2.44. The minimum atomic E-state index is -0.482. The number of hydrogen-bond donors (Lipinski definition) is 2. The van der Waals surface area contributed by atoms with Gasteiger partial charge in [0.25, 0.3) is 0 Å². The lowest BCUT2D eigenvalue weighted by molar-refractivity contribution is -0.136. The van der Waals surface area contributed by atoms with Crippen LogP contribution in [0, 0.1) is 11.8 Å². The summed E-state index contributed by atoms with van der Waals surface area (Å²) < 4.78 is 0. The summed E-state index contributed by atoms with van der Waals surface area (Å²) in [5.41, 5.74) is 0.901. The Balaban J connectivity index is 0.00000264. The molecule has 1 aliphatic rings. The first kappa shape index (κ1) is 20.2. The maximum atomic E-state index is 12.3. The summed E-state index contributed by atoms with van der Waals surface area (Å²) in [7, 11) is 1.86. The highest BCUT2D eigenvalue weighted by molar-refractivity contribution is 6.30. The Labute approximate surface area is 149 Å². The van der Waals surface area contributed by atoms with Crippen LogP contribution >= 0.6 is 24.0 Å². The second-order valence-electron chi connectivity index (χ2n) is 6.12. The lowest BCUT2D eigenvalue weighted by atomic mass is 9.87. The van der Waals surface area contributed by atoms with Crippen molar-refractivity contribution in [2.24, 2.45) is 11.8 Å². The van der Waals surface area contributed by atoms with Crippen LogP contribution in [0.4, 0.5) is 0 Å². The molecule has 0 aliphatic carbocycles. The smallest absolute Gasteiger partial charge is 0.226 e. The molecule has 1 aromatic rings. The fraction of sp³-hybridized carbons (Fsp3) is 0.588. The summed E-state index contributed by atoms with van der Waals surface area (Å²) in [5.74, 6) is 0.404. The van der Waals surface area contributed by atoms with Crippen molar-refractivity contribution in [3.63, 3.8) is 0 Å². The molecule has 2 rings (SSSR count). The summed E-state index contributed by atoms with van der Waals surface area (Å²) in [4.78, 5) is 14.2. The average Bonchev–Trinajstić information content (AvgIpc) is 2.54. The van der Waals surface area contributed by atoms with Crippen LogP contribution < -0.4 is 5.32 Å². The number of aliphatic hydroxyl groups excluding tert-OH is 1. The van der Waals surface area contributed by atoms with Gasteiger partial charge in [-0.15, -0.1) is 12.4 Å². The maximum Gasteiger partial charge on any atom is 0.226 e. The van der Waals surface area contributed by atoms with Crippen molar-refractivity contribution < 1.29 is 9.90 Å². The van der Waals surface area contributed by atoms with Gasteiger partial charge in [-0.3, -0.25) is 4.79 Å². The number of nitrogens with one attached hydrogen (secondary N) is 1. The highest BCUT2D eigenvalue weighted by Crippen LogP contribution is 2.31. The summed E-state index contributed by atoms with van der Waals surface area (Å²) >= 11 is 5.88. The molecule has 1 aliphatic heterocycles. The fourth-order valence-electron chi connectivity index (χ4n) is 3.07. The van der Waals surface area contributed by atoms with Crippen LogP contribution in [0.2, 0.25) is 5.02 Å². The molecule has 130 valence electrons. The van der Waals surface area contributed by atoms with Crippen molar-refractivity contribution in [1.82, 2.24) is 10.2 Å². The Bertz CT molecular complexity index is 488. The van der Waals surface area contributed by atoms with Crippen molar-refractivity contribution in [1.29, 1.82) is 0 Å². The second kappa shape index (κ2) is 9.48. The molecule has 0 aromatic heterocycles. The second-order valence-corrected chi connectivity index (χ2v) is 6.55. The normalized spacial score (nSPS) is 18.2. The van der Waals surface area contributed by atoms with E-state index in [4.69, 9.17) is 11.6 Å². The predicted octanol–water partition coefficient (Wildman–Crippen LogP) is 2.89. The molecule has 1 aromatic carbocycles. The summed E-state index contributed by atoms with van der Waals surface area (Å²) in [6.07, 6.45) is 1.19. The van der Waals surface area contributed by atoms with Crippen molar-refractivity contribution in [3.8, 4) is 0 Å². The highest BCUT2D eigenvalue weighted by Gasteiger charge is 2.29. The summed E-state index contributed by atoms with van der Waals surface area (Å²) in [6, 6.07) is 7.36. The van der Waals surface area contributed by atoms with Crippen LogP contribution in [0.1, 0.15) is 31.4 Å². The van der Waals surface area contributed by atoms with Gasteiger partial charge in [0.15, 0.2) is 0 Å². The SMILES string of the molecule is CNCC(C)C(=O)N1CCC(C(O)c2ccc(Cl)cc2)CC1.Cl. The third kappa shape index (κ3) is 5.35. The van der Waals surface area contributed by atoms with Crippen molar-refractivity contribution >= 4 is 29.9 Å². The first-order valence-electron chi connectivity index (χ1n) is 7.90. The number of rotatable bonds is 5. The monoisotopic (exact) mass is 360 g/mol. The van der Waals surface area contributed by atoms with Gasteiger partial charge in [0, 0.05) is 30.6 Å². The quantitative estimate of drug-likeness (QED) is 0.848. The van der Waals surface area contributed by atoms with E-state index in [-0.39, 0.29) is 30.2 Å². The molecule has 0 radical (unpaired) electrons. The van der Waals surface area contributed by atoms with Crippen molar-refractivity contribution in [3.05, 3.63) is 34.9 Å². The minimum Gasteiger partial charge on any atom is -0.388 e. The van der Waals surface area contributed by atoms with Gasteiger partial charge in [0.1, 0.15) is 0 Å². The van der Waals surface area contributed by atoms with Gasteiger partial charge >= 0.3 is 0 Å². The van der Waals surface area contributed by atoms with E-state index in [0.717, 1.165) is 31.5 Å². The van der Waals surface area contributed by atoms with E-state index < -0.39 is 6.10 Å². The van der Waals surface area contributed by atoms with E-state index >= 15 is 0 Å². The molecule has 1 saturated heterocycles. The molecule has 0 spiro atoms. The molecule has 0 saturated carbocycles. The zero-order valence-electron chi connectivity index (χ0n) is 13.7. The standard InChI is InChI=1S/C17H25ClN2O2.ClH/c1-12(11-19-2)17(22)20-9-7-14(8-10-20)16(21)13-3-5-15(18)6-4-13;/h3-6,12,14,16,19,21H,7-11H2,1-2H3;1H. The molecule has 2 N–H and O–H groups in total. The van der Waals surface area contributed by atoms with Crippen molar-refractivity contribution in [2.75, 3.05) is 26.7 Å². The maximum absolute atomic E-state index is 12.3. The Morgan fingerprint density at radius 2 is 1.91 bits per heavy atom. The minimum absolute atomic E-state index is 0. The van der Waals surface area contributed by atoms with Crippen LogP contribution in [-0.4, -0.2) is 42.6 Å². The summed E-state index contributed by atoms with van der Waals surface area (Å²) in [6.45, 7) is 4.10. The number of aliphatic hydroxyl groups is 1. The van der Waals surface area contributed by atoms with Crippen molar-refractivity contribution in [2.45, 2.75) is 25.9 Å². The van der Waals surface area contributed by atoms with E-state index in [2.05, 4.69) is 5.32 Å².